The van der Waals surface area contributed by atoms with Crippen molar-refractivity contribution in [3.63, 3.8) is 0 Å². The van der Waals surface area contributed by atoms with E-state index in [4.69, 9.17) is 9.90 Å². The average Bonchev–Trinajstić information content (AvgIpc) is 2.91. The number of carbonyl (C=O) groups is 1. The van der Waals surface area contributed by atoms with Gasteiger partial charge in [-0.05, 0) is 25.7 Å². The Bertz CT molecular complexity index is 698. The number of nitrogens with zero attached hydrogens (tertiary/aromatic N) is 2. The molecule has 0 saturated carbocycles. The van der Waals surface area contributed by atoms with E-state index in [2.05, 4.69) is 66.3 Å². The SMILES string of the molecule is CC(=O)O.CCCCCCCCCCCC[N+](C)(C)Cc1ccccc1C[N+](C)(C)CCCCCCCCCCCC. The molecule has 4 heteroatoms. The lowest BCUT2D eigenvalue weighted by atomic mass is 10.0. The van der Waals surface area contributed by atoms with Crippen LogP contribution in [0.2, 0.25) is 0 Å². The summed E-state index contributed by atoms with van der Waals surface area (Å²) in [4.78, 5) is 9.00. The minimum atomic E-state index is -0.833. The Kier molecular flexibility index (Phi) is 25.2. The molecule has 0 aliphatic heterocycles. The summed E-state index contributed by atoms with van der Waals surface area (Å²) in [5.41, 5.74) is 3.14. The lowest BCUT2D eigenvalue weighted by molar-refractivity contribution is -0.907. The maximum atomic E-state index is 9.00. The second-order valence-electron chi connectivity index (χ2n) is 14.3. The molecule has 246 valence electrons. The fraction of sp³-hybridized carbons (Fsp3) is 0.816. The molecule has 0 aromatic heterocycles. The number of unbranched alkanes of at least 4 members (excludes halogenated alkanes) is 18. The van der Waals surface area contributed by atoms with E-state index in [-0.39, 0.29) is 0 Å². The molecule has 0 atom stereocenters. The first-order valence-corrected chi connectivity index (χ1v) is 17.9. The zero-order valence-corrected chi connectivity index (χ0v) is 29.5. The first kappa shape index (κ1) is 40.6. The van der Waals surface area contributed by atoms with E-state index in [0.29, 0.717) is 0 Å². The molecular weight excluding hydrogens is 516 g/mol. The van der Waals surface area contributed by atoms with Crippen molar-refractivity contribution >= 4 is 5.97 Å². The van der Waals surface area contributed by atoms with Crippen LogP contribution in [0.15, 0.2) is 24.3 Å². The van der Waals surface area contributed by atoms with Crippen LogP contribution in [0.25, 0.3) is 0 Å². The molecule has 1 aromatic carbocycles. The molecule has 1 N–H and O–H groups in total. The van der Waals surface area contributed by atoms with Crippen molar-refractivity contribution in [2.24, 2.45) is 0 Å². The van der Waals surface area contributed by atoms with Crippen molar-refractivity contribution < 1.29 is 18.9 Å². The maximum absolute atomic E-state index is 9.00. The van der Waals surface area contributed by atoms with Gasteiger partial charge in [-0.15, -0.1) is 0 Å². The van der Waals surface area contributed by atoms with Gasteiger partial charge in [0.1, 0.15) is 13.1 Å². The van der Waals surface area contributed by atoms with Gasteiger partial charge in [0, 0.05) is 18.1 Å². The number of carboxylic acids is 1. The van der Waals surface area contributed by atoms with Crippen molar-refractivity contribution in [3.8, 4) is 0 Å². The van der Waals surface area contributed by atoms with Gasteiger partial charge in [0.05, 0.1) is 41.3 Å². The van der Waals surface area contributed by atoms with Gasteiger partial charge in [-0.25, -0.2) is 0 Å². The molecule has 0 fully saturated rings. The van der Waals surface area contributed by atoms with E-state index in [1.807, 2.05) is 0 Å². The molecule has 0 amide bonds. The molecule has 0 saturated heterocycles. The van der Waals surface area contributed by atoms with E-state index >= 15 is 0 Å². The molecule has 0 unspecified atom stereocenters. The predicted octanol–water partition coefficient (Wildman–Crippen LogP) is 10.8. The summed E-state index contributed by atoms with van der Waals surface area (Å²) in [5.74, 6) is -0.833. The number of quaternary nitrogens is 2. The van der Waals surface area contributed by atoms with E-state index in [0.717, 1.165) is 29.0 Å². The fourth-order valence-corrected chi connectivity index (χ4v) is 6.00. The second-order valence-corrected chi connectivity index (χ2v) is 14.3. The van der Waals surface area contributed by atoms with Crippen molar-refractivity contribution in [2.45, 2.75) is 162 Å². The van der Waals surface area contributed by atoms with Gasteiger partial charge in [-0.1, -0.05) is 141 Å². The third-order valence-electron chi connectivity index (χ3n) is 8.55. The Morgan fingerprint density at radius 2 is 0.762 bits per heavy atom. The highest BCUT2D eigenvalue weighted by Gasteiger charge is 2.22. The smallest absolute Gasteiger partial charge is 0.300 e. The van der Waals surface area contributed by atoms with Crippen molar-refractivity contribution in [1.82, 2.24) is 0 Å². The van der Waals surface area contributed by atoms with Crippen LogP contribution in [-0.4, -0.2) is 61.3 Å². The zero-order valence-electron chi connectivity index (χ0n) is 29.5. The molecule has 0 heterocycles. The lowest BCUT2D eigenvalue weighted by Crippen LogP contribution is -2.42. The third-order valence-corrected chi connectivity index (χ3v) is 8.55. The fourth-order valence-electron chi connectivity index (χ4n) is 6.00. The lowest BCUT2D eigenvalue weighted by Gasteiger charge is -2.33. The van der Waals surface area contributed by atoms with Crippen LogP contribution >= 0.6 is 0 Å². The molecule has 1 aromatic rings. The molecule has 0 radical (unpaired) electrons. The molecular formula is C38H74N2O2+2. The summed E-state index contributed by atoms with van der Waals surface area (Å²) in [6, 6.07) is 9.30. The standard InChI is InChI=1S/C36H70N2.C2H4O2/c1-7-9-11-13-15-17-19-21-23-27-31-37(3,4)33-35-29-25-26-30-36(35)34-38(5,6)32-28-24-22-20-18-16-14-12-10-8-2;1-2(3)4/h25-26,29-30H,7-24,27-28,31-34H2,1-6H3;1H3,(H,3,4)/q+2;. The van der Waals surface area contributed by atoms with Crippen LogP contribution in [0, 0.1) is 0 Å². The van der Waals surface area contributed by atoms with Crippen molar-refractivity contribution in [2.75, 3.05) is 41.3 Å². The zero-order chi connectivity index (χ0) is 31.5. The molecule has 0 aliphatic carbocycles. The quantitative estimate of drug-likeness (QED) is 0.0860. The van der Waals surface area contributed by atoms with Gasteiger partial charge >= 0.3 is 0 Å². The summed E-state index contributed by atoms with van der Waals surface area (Å²) in [7, 11) is 9.76. The van der Waals surface area contributed by atoms with E-state index < -0.39 is 5.97 Å². The predicted molar refractivity (Wildman–Crippen MR) is 185 cm³/mol. The molecule has 0 aliphatic rings. The van der Waals surface area contributed by atoms with Gasteiger partial charge < -0.3 is 14.1 Å². The van der Waals surface area contributed by atoms with Gasteiger partial charge in [0.25, 0.3) is 5.97 Å². The Labute approximate surface area is 263 Å². The van der Waals surface area contributed by atoms with Crippen LogP contribution in [0.1, 0.15) is 160 Å². The summed E-state index contributed by atoms with van der Waals surface area (Å²) < 4.78 is 2.22. The minimum Gasteiger partial charge on any atom is -0.481 e. The van der Waals surface area contributed by atoms with Crippen LogP contribution < -0.4 is 0 Å². The minimum absolute atomic E-state index is 0.833. The molecule has 42 heavy (non-hydrogen) atoms. The maximum Gasteiger partial charge on any atom is 0.300 e. The van der Waals surface area contributed by atoms with Gasteiger partial charge in [0.2, 0.25) is 0 Å². The summed E-state index contributed by atoms with van der Waals surface area (Å²) in [5, 5.41) is 7.42. The van der Waals surface area contributed by atoms with Crippen LogP contribution in [0.4, 0.5) is 0 Å². The Balaban J connectivity index is 0.00000393. The molecule has 1 rings (SSSR count). The Morgan fingerprint density at radius 3 is 1.02 bits per heavy atom. The van der Waals surface area contributed by atoms with Gasteiger partial charge in [-0.2, -0.15) is 0 Å². The molecule has 0 spiro atoms. The summed E-state index contributed by atoms with van der Waals surface area (Å²) >= 11 is 0. The second kappa shape index (κ2) is 26.1. The summed E-state index contributed by atoms with van der Waals surface area (Å²) in [6.07, 6.45) is 28.4. The summed E-state index contributed by atoms with van der Waals surface area (Å²) in [6.45, 7) is 10.6. The molecule has 0 bridgehead atoms. The Morgan fingerprint density at radius 1 is 0.524 bits per heavy atom. The monoisotopic (exact) mass is 591 g/mol. The number of hydrogen-bond donors (Lipinski definition) is 1. The first-order chi connectivity index (χ1) is 20.0. The number of benzene rings is 1. The number of rotatable bonds is 26. The normalized spacial score (nSPS) is 11.8. The van der Waals surface area contributed by atoms with Crippen LogP contribution in [0.3, 0.4) is 0 Å². The third kappa shape index (κ3) is 26.3. The van der Waals surface area contributed by atoms with Crippen molar-refractivity contribution in [1.29, 1.82) is 0 Å². The van der Waals surface area contributed by atoms with Gasteiger partial charge in [-0.3, -0.25) is 4.79 Å². The number of hydrogen-bond acceptors (Lipinski definition) is 1. The van der Waals surface area contributed by atoms with E-state index in [1.165, 1.54) is 142 Å². The Hall–Kier alpha value is -1.39. The van der Waals surface area contributed by atoms with Gasteiger partial charge in [0.15, 0.2) is 0 Å². The first-order valence-electron chi connectivity index (χ1n) is 17.9. The van der Waals surface area contributed by atoms with Crippen molar-refractivity contribution in [3.05, 3.63) is 35.4 Å². The highest BCUT2D eigenvalue weighted by atomic mass is 16.4. The number of aliphatic carboxylic acids is 1. The topological polar surface area (TPSA) is 37.3 Å². The van der Waals surface area contributed by atoms with Crippen LogP contribution in [-0.2, 0) is 17.9 Å². The van der Waals surface area contributed by atoms with E-state index in [1.54, 1.807) is 11.1 Å². The molecule has 4 nitrogen and oxygen atoms in total. The highest BCUT2D eigenvalue weighted by molar-refractivity contribution is 5.62. The van der Waals surface area contributed by atoms with E-state index in [9.17, 15) is 0 Å². The average molecular weight is 591 g/mol. The van der Waals surface area contributed by atoms with Crippen LogP contribution in [0.5, 0.6) is 0 Å². The largest absolute Gasteiger partial charge is 0.481 e. The number of carboxylic acid groups (broad SMARTS) is 1. The highest BCUT2D eigenvalue weighted by Crippen LogP contribution is 2.21.